The predicted molar refractivity (Wildman–Crippen MR) is 95.7 cm³/mol. The van der Waals surface area contributed by atoms with Crippen molar-refractivity contribution in [1.82, 2.24) is 15.2 Å². The van der Waals surface area contributed by atoms with Crippen molar-refractivity contribution in [2.75, 3.05) is 25.4 Å². The number of rotatable bonds is 5. The van der Waals surface area contributed by atoms with Crippen LogP contribution in [0.2, 0.25) is 0 Å². The number of pyridine rings is 1. The van der Waals surface area contributed by atoms with E-state index in [0.717, 1.165) is 38.9 Å². The summed E-state index contributed by atoms with van der Waals surface area (Å²) in [6.45, 7) is 3.10. The van der Waals surface area contributed by atoms with Crippen molar-refractivity contribution in [2.24, 2.45) is 0 Å². The summed E-state index contributed by atoms with van der Waals surface area (Å²) in [6.07, 6.45) is 4.59. The molecule has 2 heterocycles. The topological polar surface area (TPSA) is 71.2 Å². The molecule has 24 heavy (non-hydrogen) atoms. The van der Waals surface area contributed by atoms with Gasteiger partial charge in [-0.05, 0) is 37.0 Å². The zero-order valence-electron chi connectivity index (χ0n) is 13.8. The number of likely N-dealkylation sites (tertiary alicyclic amines) is 1. The quantitative estimate of drug-likeness (QED) is 0.883. The molecule has 3 rings (SSSR count). The van der Waals surface area contributed by atoms with Crippen molar-refractivity contribution >= 4 is 11.6 Å². The van der Waals surface area contributed by atoms with Crippen LogP contribution in [0.4, 0.5) is 5.69 Å². The highest BCUT2D eigenvalue weighted by atomic mass is 16.1. The number of nitrogens with two attached hydrogens (primary N) is 1. The molecule has 5 nitrogen and oxygen atoms in total. The maximum absolute atomic E-state index is 12.2. The van der Waals surface area contributed by atoms with Crippen molar-refractivity contribution in [3.8, 4) is 0 Å². The van der Waals surface area contributed by atoms with Gasteiger partial charge in [0.2, 0.25) is 0 Å². The second-order valence-corrected chi connectivity index (χ2v) is 6.30. The highest BCUT2D eigenvalue weighted by Gasteiger charge is 2.21. The molecule has 126 valence electrons. The fraction of sp³-hybridized carbons (Fsp3) is 0.368. The van der Waals surface area contributed by atoms with Gasteiger partial charge < -0.3 is 16.0 Å². The van der Waals surface area contributed by atoms with Gasteiger partial charge in [0.05, 0.1) is 0 Å². The van der Waals surface area contributed by atoms with Gasteiger partial charge >= 0.3 is 0 Å². The van der Waals surface area contributed by atoms with E-state index in [0.29, 0.717) is 11.4 Å². The van der Waals surface area contributed by atoms with Gasteiger partial charge in [-0.15, -0.1) is 0 Å². The first-order valence-corrected chi connectivity index (χ1v) is 8.49. The van der Waals surface area contributed by atoms with E-state index in [9.17, 15) is 4.79 Å². The smallest absolute Gasteiger partial charge is 0.270 e. The summed E-state index contributed by atoms with van der Waals surface area (Å²) in [5, 5.41) is 3.07. The van der Waals surface area contributed by atoms with Gasteiger partial charge in [0.25, 0.3) is 5.91 Å². The molecule has 1 aliphatic heterocycles. The van der Waals surface area contributed by atoms with E-state index in [2.05, 4.69) is 39.5 Å². The van der Waals surface area contributed by atoms with Gasteiger partial charge in [-0.1, -0.05) is 30.3 Å². The standard InChI is InChI=1S/C19H24N4O/c20-16-6-10-21-18(14-16)19(24)22-17-8-12-23(13-9-17)11-7-15-4-2-1-3-5-15/h1-6,10,14,17H,7-9,11-13H2,(H2,20,21)(H,22,24). The Hall–Kier alpha value is -2.40. The summed E-state index contributed by atoms with van der Waals surface area (Å²) in [7, 11) is 0. The summed E-state index contributed by atoms with van der Waals surface area (Å²) in [4.78, 5) is 18.8. The third-order valence-electron chi connectivity index (χ3n) is 4.50. The number of nitrogen functional groups attached to an aromatic ring is 1. The molecule has 0 unspecified atom stereocenters. The SMILES string of the molecule is Nc1ccnc(C(=O)NC2CCN(CCc3ccccc3)CC2)c1. The lowest BCUT2D eigenvalue weighted by Crippen LogP contribution is -2.45. The van der Waals surface area contributed by atoms with Crippen molar-refractivity contribution in [3.05, 3.63) is 59.9 Å². The van der Waals surface area contributed by atoms with Gasteiger partial charge in [-0.3, -0.25) is 9.78 Å². The summed E-state index contributed by atoms with van der Waals surface area (Å²) in [5.74, 6) is -0.134. The summed E-state index contributed by atoms with van der Waals surface area (Å²) in [6, 6.07) is 14.1. The summed E-state index contributed by atoms with van der Waals surface area (Å²) in [5.41, 5.74) is 8.03. The Morgan fingerprint density at radius 3 is 2.67 bits per heavy atom. The number of anilines is 1. The van der Waals surface area contributed by atoms with Gasteiger partial charge in [0, 0.05) is 37.6 Å². The molecular formula is C19H24N4O. The number of benzene rings is 1. The average molecular weight is 324 g/mol. The van der Waals surface area contributed by atoms with E-state index in [-0.39, 0.29) is 11.9 Å². The number of nitrogens with zero attached hydrogens (tertiary/aromatic N) is 2. The van der Waals surface area contributed by atoms with Crippen LogP contribution in [0.15, 0.2) is 48.7 Å². The summed E-state index contributed by atoms with van der Waals surface area (Å²) < 4.78 is 0. The van der Waals surface area contributed by atoms with Gasteiger partial charge in [-0.2, -0.15) is 0 Å². The zero-order valence-corrected chi connectivity index (χ0v) is 13.8. The lowest BCUT2D eigenvalue weighted by Gasteiger charge is -2.32. The predicted octanol–water partition coefficient (Wildman–Crippen LogP) is 2.10. The van der Waals surface area contributed by atoms with Crippen LogP contribution >= 0.6 is 0 Å². The first kappa shape index (κ1) is 16.5. The Kier molecular flexibility index (Phi) is 5.43. The minimum atomic E-state index is -0.134. The van der Waals surface area contributed by atoms with Crippen LogP contribution in [0.3, 0.4) is 0 Å². The van der Waals surface area contributed by atoms with E-state index in [4.69, 9.17) is 5.73 Å². The number of carbonyl (C=O) groups excluding carboxylic acids is 1. The van der Waals surface area contributed by atoms with Gasteiger partial charge in [0.15, 0.2) is 0 Å². The Labute approximate surface area is 142 Å². The Morgan fingerprint density at radius 1 is 1.21 bits per heavy atom. The van der Waals surface area contributed by atoms with Crippen LogP contribution in [-0.4, -0.2) is 41.5 Å². The Balaban J connectivity index is 1.43. The number of amides is 1. The van der Waals surface area contributed by atoms with E-state index in [1.165, 1.54) is 5.56 Å². The van der Waals surface area contributed by atoms with E-state index in [1.54, 1.807) is 18.3 Å². The van der Waals surface area contributed by atoms with E-state index >= 15 is 0 Å². The molecule has 0 spiro atoms. The van der Waals surface area contributed by atoms with Crippen LogP contribution in [0.25, 0.3) is 0 Å². The Morgan fingerprint density at radius 2 is 1.96 bits per heavy atom. The zero-order chi connectivity index (χ0) is 16.8. The molecule has 1 saturated heterocycles. The lowest BCUT2D eigenvalue weighted by molar-refractivity contribution is 0.0906. The Bertz CT molecular complexity index is 666. The number of nitrogens with one attached hydrogen (secondary N) is 1. The van der Waals surface area contributed by atoms with Gasteiger partial charge in [-0.25, -0.2) is 0 Å². The molecule has 0 saturated carbocycles. The van der Waals surface area contributed by atoms with Crippen molar-refractivity contribution in [3.63, 3.8) is 0 Å². The molecule has 0 atom stereocenters. The largest absolute Gasteiger partial charge is 0.399 e. The molecule has 2 aromatic rings. The van der Waals surface area contributed by atoms with Crippen LogP contribution < -0.4 is 11.1 Å². The molecule has 1 fully saturated rings. The lowest BCUT2D eigenvalue weighted by atomic mass is 10.0. The van der Waals surface area contributed by atoms with Crippen molar-refractivity contribution < 1.29 is 4.79 Å². The molecule has 1 aliphatic rings. The van der Waals surface area contributed by atoms with Crippen LogP contribution in [0.1, 0.15) is 28.9 Å². The second kappa shape index (κ2) is 7.93. The van der Waals surface area contributed by atoms with Crippen LogP contribution in [0.5, 0.6) is 0 Å². The molecule has 0 aliphatic carbocycles. The normalized spacial score (nSPS) is 16.0. The average Bonchev–Trinajstić information content (AvgIpc) is 2.62. The monoisotopic (exact) mass is 324 g/mol. The second-order valence-electron chi connectivity index (χ2n) is 6.30. The fourth-order valence-corrected chi connectivity index (χ4v) is 3.06. The van der Waals surface area contributed by atoms with Crippen LogP contribution in [-0.2, 0) is 6.42 Å². The maximum Gasteiger partial charge on any atom is 0.270 e. The highest BCUT2D eigenvalue weighted by molar-refractivity contribution is 5.93. The molecule has 0 radical (unpaired) electrons. The minimum Gasteiger partial charge on any atom is -0.399 e. The summed E-state index contributed by atoms with van der Waals surface area (Å²) >= 11 is 0. The number of piperidine rings is 1. The molecular weight excluding hydrogens is 300 g/mol. The maximum atomic E-state index is 12.2. The number of carbonyl (C=O) groups is 1. The first-order chi connectivity index (χ1) is 11.7. The van der Waals surface area contributed by atoms with Crippen molar-refractivity contribution in [1.29, 1.82) is 0 Å². The van der Waals surface area contributed by atoms with Gasteiger partial charge in [0.1, 0.15) is 5.69 Å². The van der Waals surface area contributed by atoms with E-state index in [1.807, 2.05) is 6.07 Å². The van der Waals surface area contributed by atoms with E-state index < -0.39 is 0 Å². The number of hydrogen-bond acceptors (Lipinski definition) is 4. The molecule has 1 aromatic carbocycles. The highest BCUT2D eigenvalue weighted by Crippen LogP contribution is 2.12. The molecule has 0 bridgehead atoms. The number of aromatic nitrogens is 1. The number of hydrogen-bond donors (Lipinski definition) is 2. The molecule has 3 N–H and O–H groups in total. The van der Waals surface area contributed by atoms with Crippen molar-refractivity contribution in [2.45, 2.75) is 25.3 Å². The first-order valence-electron chi connectivity index (χ1n) is 8.49. The third kappa shape index (κ3) is 4.55. The molecule has 1 amide bonds. The fourth-order valence-electron chi connectivity index (χ4n) is 3.06. The molecule has 1 aromatic heterocycles. The molecule has 5 heteroatoms. The third-order valence-corrected chi connectivity index (χ3v) is 4.50. The van der Waals surface area contributed by atoms with Crippen LogP contribution in [0, 0.1) is 0 Å². The minimum absolute atomic E-state index is 0.134.